The quantitative estimate of drug-likeness (QED) is 0.221. The zero-order chi connectivity index (χ0) is 28.4. The van der Waals surface area contributed by atoms with E-state index >= 15 is 0 Å². The Balaban J connectivity index is 1.39. The Bertz CT molecular complexity index is 828. The van der Waals surface area contributed by atoms with Gasteiger partial charge in [-0.15, -0.1) is 0 Å². The van der Waals surface area contributed by atoms with Crippen LogP contribution in [0, 0.1) is 44.3 Å². The fourth-order valence-corrected chi connectivity index (χ4v) is 8.37. The number of allylic oxidation sites excluding steroid dienone is 2. The third-order valence-electron chi connectivity index (χ3n) is 11.5. The first-order valence-corrected chi connectivity index (χ1v) is 15.2. The van der Waals surface area contributed by atoms with E-state index in [2.05, 4.69) is 83.1 Å². The van der Waals surface area contributed by atoms with Crippen LogP contribution in [0.1, 0.15) is 109 Å². The predicted octanol–water partition coefficient (Wildman–Crippen LogP) is 8.56. The highest BCUT2D eigenvalue weighted by atomic mass is 16.5. The molecule has 218 valence electrons. The van der Waals surface area contributed by atoms with Crippen molar-refractivity contribution in [3.63, 3.8) is 0 Å². The van der Waals surface area contributed by atoms with E-state index in [9.17, 15) is 0 Å². The molecule has 0 saturated heterocycles. The molecule has 0 radical (unpaired) electrons. The van der Waals surface area contributed by atoms with Gasteiger partial charge in [-0.25, -0.2) is 0 Å². The van der Waals surface area contributed by atoms with Crippen molar-refractivity contribution in [3.8, 4) is 0 Å². The van der Waals surface area contributed by atoms with Crippen molar-refractivity contribution in [1.29, 1.82) is 0 Å². The Labute approximate surface area is 234 Å². The zero-order valence-electron chi connectivity index (χ0n) is 26.6. The molecule has 4 bridgehead atoms. The second-order valence-corrected chi connectivity index (χ2v) is 17.0. The smallest absolute Gasteiger partial charge is 0.128 e. The van der Waals surface area contributed by atoms with Crippen LogP contribution in [0.2, 0.25) is 0 Å². The molecule has 4 rings (SSSR count). The second-order valence-electron chi connectivity index (χ2n) is 17.0. The van der Waals surface area contributed by atoms with Crippen molar-refractivity contribution in [2.45, 2.75) is 133 Å². The number of ether oxygens (including phenoxy) is 4. The molecule has 0 unspecified atom stereocenters. The molecule has 0 aromatic carbocycles. The van der Waals surface area contributed by atoms with Gasteiger partial charge in [-0.05, 0) is 59.5 Å². The summed E-state index contributed by atoms with van der Waals surface area (Å²) in [5, 5.41) is 0. The molecule has 0 N–H and O–H groups in total. The molecule has 0 aliphatic heterocycles. The molecule has 38 heavy (non-hydrogen) atoms. The summed E-state index contributed by atoms with van der Waals surface area (Å²) < 4.78 is 26.1. The molecular weight excluding hydrogens is 472 g/mol. The molecule has 4 aliphatic carbocycles. The SMILES string of the molecule is CC(C)(C)CO[C@@H]1[C@H](O/C=C/C=C/O[C@@H]2[C@H]3CC[C@@](C)([C@@H]2OCC(C)(C)C)C3(C)C)[C@H]2CC[C@]1(C)C2(C)C. The van der Waals surface area contributed by atoms with Crippen LogP contribution in [-0.2, 0) is 18.9 Å². The van der Waals surface area contributed by atoms with Gasteiger partial charge in [0.15, 0.2) is 0 Å². The highest BCUT2D eigenvalue weighted by Gasteiger charge is 2.69. The molecule has 0 aromatic rings. The Kier molecular flexibility index (Phi) is 7.75. The van der Waals surface area contributed by atoms with E-state index in [1.165, 1.54) is 25.7 Å². The second kappa shape index (κ2) is 9.82. The minimum atomic E-state index is 0.0955. The molecule has 4 aliphatic rings. The van der Waals surface area contributed by atoms with Crippen LogP contribution in [0.4, 0.5) is 0 Å². The average Bonchev–Trinajstić information content (AvgIpc) is 3.27. The van der Waals surface area contributed by atoms with E-state index in [4.69, 9.17) is 18.9 Å². The maximum absolute atomic E-state index is 6.60. The van der Waals surface area contributed by atoms with Gasteiger partial charge in [0, 0.05) is 22.7 Å². The van der Waals surface area contributed by atoms with Crippen molar-refractivity contribution in [2.75, 3.05) is 13.2 Å². The van der Waals surface area contributed by atoms with Crippen LogP contribution >= 0.6 is 0 Å². The Morgan fingerprint density at radius 2 is 0.947 bits per heavy atom. The highest BCUT2D eigenvalue weighted by Crippen LogP contribution is 2.68. The Morgan fingerprint density at radius 3 is 1.26 bits per heavy atom. The zero-order valence-corrected chi connectivity index (χ0v) is 26.6. The maximum Gasteiger partial charge on any atom is 0.128 e. The van der Waals surface area contributed by atoms with Gasteiger partial charge in [0.05, 0.1) is 25.7 Å². The van der Waals surface area contributed by atoms with E-state index in [0.717, 1.165) is 13.2 Å². The van der Waals surface area contributed by atoms with E-state index in [0.29, 0.717) is 11.8 Å². The standard InChI is InChI=1S/C34H58O4/c1-29(2,3)21-37-27-25(23-15-17-33(27,11)31(23,7)8)35-19-13-14-20-36-26-24-16-18-34(12,32(24,9)10)28(26)38-22-30(4,5)6/h13-14,19-20,23-28H,15-18,21-22H2,1-12H3/b19-13+,20-14+/t23-,24-,25-,26-,27-,28-,33+,34+/m1/s1. The lowest BCUT2D eigenvalue weighted by Gasteiger charge is -2.40. The number of fused-ring (bicyclic) bond motifs is 4. The molecule has 0 amide bonds. The van der Waals surface area contributed by atoms with Gasteiger partial charge in [-0.3, -0.25) is 0 Å². The summed E-state index contributed by atoms with van der Waals surface area (Å²) in [6, 6.07) is 0. The normalized spacial score (nSPS) is 41.6. The topological polar surface area (TPSA) is 36.9 Å². The third-order valence-corrected chi connectivity index (χ3v) is 11.5. The predicted molar refractivity (Wildman–Crippen MR) is 156 cm³/mol. The molecule has 0 heterocycles. The lowest BCUT2D eigenvalue weighted by molar-refractivity contribution is -0.117. The summed E-state index contributed by atoms with van der Waals surface area (Å²) in [6.07, 6.45) is 13.0. The first-order chi connectivity index (χ1) is 17.4. The lowest BCUT2D eigenvalue weighted by Crippen LogP contribution is -2.43. The molecule has 4 fully saturated rings. The number of hydrogen-bond acceptors (Lipinski definition) is 4. The largest absolute Gasteiger partial charge is 0.495 e. The third kappa shape index (κ3) is 5.00. The monoisotopic (exact) mass is 530 g/mol. The van der Waals surface area contributed by atoms with Crippen molar-refractivity contribution in [2.24, 2.45) is 44.3 Å². The van der Waals surface area contributed by atoms with Crippen LogP contribution in [-0.4, -0.2) is 37.6 Å². The van der Waals surface area contributed by atoms with Gasteiger partial charge < -0.3 is 18.9 Å². The maximum atomic E-state index is 6.60. The van der Waals surface area contributed by atoms with Crippen LogP contribution in [0.5, 0.6) is 0 Å². The fourth-order valence-electron chi connectivity index (χ4n) is 8.37. The van der Waals surface area contributed by atoms with Crippen molar-refractivity contribution >= 4 is 0 Å². The van der Waals surface area contributed by atoms with Crippen LogP contribution < -0.4 is 0 Å². The summed E-state index contributed by atoms with van der Waals surface area (Å²) in [6.45, 7) is 29.4. The minimum absolute atomic E-state index is 0.0955. The van der Waals surface area contributed by atoms with E-state index in [1.807, 2.05) is 24.7 Å². The van der Waals surface area contributed by atoms with Gasteiger partial charge in [0.1, 0.15) is 24.4 Å². The number of hydrogen-bond donors (Lipinski definition) is 0. The van der Waals surface area contributed by atoms with Crippen LogP contribution in [0.25, 0.3) is 0 Å². The summed E-state index contributed by atoms with van der Waals surface area (Å²) in [5.41, 5.74) is 0.991. The Morgan fingerprint density at radius 1 is 0.605 bits per heavy atom. The first-order valence-electron chi connectivity index (χ1n) is 15.2. The highest BCUT2D eigenvalue weighted by molar-refractivity contribution is 5.18. The molecular formula is C34H58O4. The first kappa shape index (κ1) is 30.0. The van der Waals surface area contributed by atoms with Gasteiger partial charge in [0.2, 0.25) is 0 Å². The summed E-state index contributed by atoms with van der Waals surface area (Å²) >= 11 is 0. The molecule has 4 saturated carbocycles. The van der Waals surface area contributed by atoms with Crippen molar-refractivity contribution in [1.82, 2.24) is 0 Å². The van der Waals surface area contributed by atoms with Gasteiger partial charge in [-0.1, -0.05) is 83.1 Å². The minimum Gasteiger partial charge on any atom is -0.495 e. The van der Waals surface area contributed by atoms with Gasteiger partial charge >= 0.3 is 0 Å². The van der Waals surface area contributed by atoms with Crippen molar-refractivity contribution in [3.05, 3.63) is 24.7 Å². The summed E-state index contributed by atoms with van der Waals surface area (Å²) in [7, 11) is 0. The molecule has 8 atom stereocenters. The summed E-state index contributed by atoms with van der Waals surface area (Å²) in [5.74, 6) is 1.03. The summed E-state index contributed by atoms with van der Waals surface area (Å²) in [4.78, 5) is 0. The molecule has 0 aromatic heterocycles. The van der Waals surface area contributed by atoms with Crippen molar-refractivity contribution < 1.29 is 18.9 Å². The van der Waals surface area contributed by atoms with E-state index in [-0.39, 0.29) is 56.9 Å². The lowest BCUT2D eigenvalue weighted by atomic mass is 9.70. The van der Waals surface area contributed by atoms with E-state index in [1.54, 1.807) is 0 Å². The molecule has 0 spiro atoms. The fraction of sp³-hybridized carbons (Fsp3) is 0.882. The van der Waals surface area contributed by atoms with Crippen LogP contribution in [0.15, 0.2) is 24.7 Å². The molecule has 4 heteroatoms. The Hall–Kier alpha value is -1.00. The van der Waals surface area contributed by atoms with E-state index < -0.39 is 0 Å². The van der Waals surface area contributed by atoms with Crippen LogP contribution in [0.3, 0.4) is 0 Å². The van der Waals surface area contributed by atoms with Gasteiger partial charge in [0.25, 0.3) is 0 Å². The average molecular weight is 531 g/mol. The molecule has 4 nitrogen and oxygen atoms in total. The van der Waals surface area contributed by atoms with Gasteiger partial charge in [-0.2, -0.15) is 0 Å². The number of rotatable bonds is 9.